The van der Waals surface area contributed by atoms with Crippen molar-refractivity contribution in [2.24, 2.45) is 0 Å². The highest BCUT2D eigenvalue weighted by Crippen LogP contribution is 2.36. The maximum atomic E-state index is 13.2. The fourth-order valence-electron chi connectivity index (χ4n) is 1.78. The van der Waals surface area contributed by atoms with Crippen LogP contribution in [-0.2, 0) is 0 Å². The van der Waals surface area contributed by atoms with Crippen LogP contribution in [0.15, 0.2) is 36.4 Å². The number of nitro benzene ring substituents is 1. The standard InChI is InChI=1S/C14H11ClFNO4/c1-8(18)11-7-10(16)3-5-13(11)21-14-4-2-9(15)6-12(14)17(19)20/h2-8,18H,1H3/t8-/m1/s1. The topological polar surface area (TPSA) is 72.6 Å². The van der Waals surface area contributed by atoms with Crippen LogP contribution in [0, 0.1) is 15.9 Å². The van der Waals surface area contributed by atoms with Crippen LogP contribution < -0.4 is 4.74 Å². The van der Waals surface area contributed by atoms with Gasteiger partial charge in [0.25, 0.3) is 0 Å². The van der Waals surface area contributed by atoms with E-state index in [-0.39, 0.29) is 27.8 Å². The van der Waals surface area contributed by atoms with Crippen LogP contribution >= 0.6 is 11.6 Å². The van der Waals surface area contributed by atoms with Crippen LogP contribution in [0.5, 0.6) is 11.5 Å². The molecular weight excluding hydrogens is 301 g/mol. The number of nitrogens with zero attached hydrogens (tertiary/aromatic N) is 1. The summed E-state index contributed by atoms with van der Waals surface area (Å²) >= 11 is 5.72. The summed E-state index contributed by atoms with van der Waals surface area (Å²) in [6.45, 7) is 1.44. The molecule has 0 aliphatic carbocycles. The Labute approximate surface area is 124 Å². The number of hydrogen-bond donors (Lipinski definition) is 1. The smallest absolute Gasteiger partial charge is 0.313 e. The second-order valence-electron chi connectivity index (χ2n) is 4.33. The Kier molecular flexibility index (Phi) is 4.40. The van der Waals surface area contributed by atoms with Gasteiger partial charge in [-0.25, -0.2) is 4.39 Å². The molecule has 1 atom stereocenters. The second-order valence-corrected chi connectivity index (χ2v) is 4.77. The zero-order valence-electron chi connectivity index (χ0n) is 10.9. The minimum Gasteiger partial charge on any atom is -0.450 e. The van der Waals surface area contributed by atoms with Crippen molar-refractivity contribution in [3.63, 3.8) is 0 Å². The van der Waals surface area contributed by atoms with Gasteiger partial charge < -0.3 is 9.84 Å². The number of hydrogen-bond acceptors (Lipinski definition) is 4. The van der Waals surface area contributed by atoms with Crippen molar-refractivity contribution in [3.05, 3.63) is 62.9 Å². The first-order valence-electron chi connectivity index (χ1n) is 5.98. The predicted molar refractivity (Wildman–Crippen MR) is 75.2 cm³/mol. The number of benzene rings is 2. The van der Waals surface area contributed by atoms with Crippen LogP contribution in [0.25, 0.3) is 0 Å². The van der Waals surface area contributed by atoms with Gasteiger partial charge in [-0.05, 0) is 37.3 Å². The summed E-state index contributed by atoms with van der Waals surface area (Å²) in [5, 5.41) is 20.8. The average Bonchev–Trinajstić information content (AvgIpc) is 2.42. The monoisotopic (exact) mass is 311 g/mol. The van der Waals surface area contributed by atoms with E-state index in [1.165, 1.54) is 25.1 Å². The third-order valence-corrected chi connectivity index (χ3v) is 2.99. The molecule has 0 bridgehead atoms. The summed E-state index contributed by atoms with van der Waals surface area (Å²) in [7, 11) is 0. The molecule has 0 radical (unpaired) electrons. The van der Waals surface area contributed by atoms with E-state index in [9.17, 15) is 19.6 Å². The zero-order chi connectivity index (χ0) is 15.6. The minimum atomic E-state index is -0.984. The summed E-state index contributed by atoms with van der Waals surface area (Å²) in [6.07, 6.45) is -0.984. The molecule has 1 N–H and O–H groups in total. The Morgan fingerprint density at radius 3 is 2.57 bits per heavy atom. The summed E-state index contributed by atoms with van der Waals surface area (Å²) in [4.78, 5) is 10.4. The van der Waals surface area contributed by atoms with Crippen LogP contribution in [0.4, 0.5) is 10.1 Å². The molecule has 0 aliphatic rings. The molecule has 21 heavy (non-hydrogen) atoms. The van der Waals surface area contributed by atoms with Crippen molar-refractivity contribution >= 4 is 17.3 Å². The summed E-state index contributed by atoms with van der Waals surface area (Å²) in [5.74, 6) is -0.446. The lowest BCUT2D eigenvalue weighted by Crippen LogP contribution is -1.99. The molecule has 0 heterocycles. The molecule has 7 heteroatoms. The van der Waals surface area contributed by atoms with Crippen molar-refractivity contribution < 1.29 is 19.2 Å². The number of halogens is 2. The fourth-order valence-corrected chi connectivity index (χ4v) is 1.94. The first kappa shape index (κ1) is 15.2. The van der Waals surface area contributed by atoms with Gasteiger partial charge in [0.15, 0.2) is 0 Å². The quantitative estimate of drug-likeness (QED) is 0.677. The summed E-state index contributed by atoms with van der Waals surface area (Å²) in [5.41, 5.74) is -0.123. The van der Waals surface area contributed by atoms with Gasteiger partial charge in [-0.3, -0.25) is 10.1 Å². The Bertz CT molecular complexity index is 691. The lowest BCUT2D eigenvalue weighted by molar-refractivity contribution is -0.385. The number of rotatable bonds is 4. The van der Waals surface area contributed by atoms with E-state index in [1.807, 2.05) is 0 Å². The zero-order valence-corrected chi connectivity index (χ0v) is 11.7. The third kappa shape index (κ3) is 3.48. The van der Waals surface area contributed by atoms with Crippen LogP contribution in [0.1, 0.15) is 18.6 Å². The molecule has 0 fully saturated rings. The first-order valence-corrected chi connectivity index (χ1v) is 6.35. The molecule has 0 amide bonds. The van der Waals surface area contributed by atoms with Crippen molar-refractivity contribution in [1.29, 1.82) is 0 Å². The van der Waals surface area contributed by atoms with Crippen LogP contribution in [0.3, 0.4) is 0 Å². The molecule has 0 spiro atoms. The minimum absolute atomic E-state index is 0.0436. The largest absolute Gasteiger partial charge is 0.450 e. The molecule has 0 unspecified atom stereocenters. The molecule has 110 valence electrons. The Hall–Kier alpha value is -2.18. The van der Waals surface area contributed by atoms with Gasteiger partial charge in [-0.2, -0.15) is 0 Å². The Balaban J connectivity index is 2.46. The number of ether oxygens (including phenoxy) is 1. The SMILES string of the molecule is C[C@@H](O)c1cc(F)ccc1Oc1ccc(Cl)cc1[N+](=O)[O-]. The van der Waals surface area contributed by atoms with E-state index < -0.39 is 16.8 Å². The fraction of sp³-hybridized carbons (Fsp3) is 0.143. The van der Waals surface area contributed by atoms with Crippen molar-refractivity contribution in [2.75, 3.05) is 0 Å². The maximum absolute atomic E-state index is 13.2. The number of aliphatic hydroxyl groups excluding tert-OH is 1. The summed E-state index contributed by atoms with van der Waals surface area (Å²) < 4.78 is 18.7. The van der Waals surface area contributed by atoms with Gasteiger partial charge in [0.1, 0.15) is 11.6 Å². The van der Waals surface area contributed by atoms with Gasteiger partial charge in [0, 0.05) is 16.7 Å². The molecule has 0 saturated heterocycles. The van der Waals surface area contributed by atoms with E-state index in [0.717, 1.165) is 18.2 Å². The lowest BCUT2D eigenvalue weighted by Gasteiger charge is -2.13. The van der Waals surface area contributed by atoms with E-state index in [4.69, 9.17) is 16.3 Å². The van der Waals surface area contributed by atoms with E-state index in [0.29, 0.717) is 0 Å². The highest BCUT2D eigenvalue weighted by Gasteiger charge is 2.19. The van der Waals surface area contributed by atoms with E-state index >= 15 is 0 Å². The van der Waals surface area contributed by atoms with Crippen molar-refractivity contribution in [1.82, 2.24) is 0 Å². The van der Waals surface area contributed by atoms with Crippen molar-refractivity contribution in [2.45, 2.75) is 13.0 Å². The molecular formula is C14H11ClFNO4. The van der Waals surface area contributed by atoms with Gasteiger partial charge in [-0.15, -0.1) is 0 Å². The Morgan fingerprint density at radius 2 is 1.95 bits per heavy atom. The molecule has 2 aromatic rings. The van der Waals surface area contributed by atoms with Gasteiger partial charge in [-0.1, -0.05) is 11.6 Å². The van der Waals surface area contributed by atoms with Gasteiger partial charge in [0.2, 0.25) is 5.75 Å². The molecule has 0 aliphatic heterocycles. The maximum Gasteiger partial charge on any atom is 0.313 e. The van der Waals surface area contributed by atoms with Gasteiger partial charge >= 0.3 is 5.69 Å². The summed E-state index contributed by atoms with van der Waals surface area (Å²) in [6, 6.07) is 7.49. The van der Waals surface area contributed by atoms with Crippen molar-refractivity contribution in [3.8, 4) is 11.5 Å². The number of nitro groups is 1. The Morgan fingerprint density at radius 1 is 1.29 bits per heavy atom. The third-order valence-electron chi connectivity index (χ3n) is 2.76. The number of aliphatic hydroxyl groups is 1. The van der Waals surface area contributed by atoms with Gasteiger partial charge in [0.05, 0.1) is 11.0 Å². The second kappa shape index (κ2) is 6.07. The average molecular weight is 312 g/mol. The molecule has 2 rings (SSSR count). The molecule has 0 aromatic heterocycles. The first-order chi connectivity index (χ1) is 9.88. The molecule has 5 nitrogen and oxygen atoms in total. The lowest BCUT2D eigenvalue weighted by atomic mass is 10.1. The van der Waals surface area contributed by atoms with E-state index in [1.54, 1.807) is 0 Å². The highest BCUT2D eigenvalue weighted by molar-refractivity contribution is 6.30. The van der Waals surface area contributed by atoms with Crippen LogP contribution in [-0.4, -0.2) is 10.0 Å². The van der Waals surface area contributed by atoms with E-state index in [2.05, 4.69) is 0 Å². The molecule has 0 saturated carbocycles. The molecule has 2 aromatic carbocycles. The normalized spacial score (nSPS) is 12.0. The van der Waals surface area contributed by atoms with Crippen LogP contribution in [0.2, 0.25) is 5.02 Å². The predicted octanol–water partition coefficient (Wildman–Crippen LogP) is 4.23. The highest BCUT2D eigenvalue weighted by atomic mass is 35.5.